The number of hydrogen-bond donors (Lipinski definition) is 3. The first-order valence-corrected chi connectivity index (χ1v) is 12.6. The molecule has 3 amide bonds. The summed E-state index contributed by atoms with van der Waals surface area (Å²) in [5, 5.41) is 15.0. The van der Waals surface area contributed by atoms with Gasteiger partial charge in [-0.15, -0.1) is 0 Å². The standard InChI is InChI=1S/C29H30N8O3/c1-29(2,3)23-14-24(35-40-23)33-28(39)32-19-10-12-20(13-11-19)37-22-16-31-15-21(30)25(22)26(34-37)17-6-8-18(9-7-17)27(38)36(4)5/h6-16H,30H2,1-5H3,(H2,32,33,35,39). The summed E-state index contributed by atoms with van der Waals surface area (Å²) in [5.41, 5.74) is 10.7. The fourth-order valence-corrected chi connectivity index (χ4v) is 4.17. The molecule has 0 aliphatic rings. The molecule has 0 atom stereocenters. The Kier molecular flexibility index (Phi) is 6.72. The van der Waals surface area contributed by atoms with Crippen molar-refractivity contribution in [1.29, 1.82) is 0 Å². The quantitative estimate of drug-likeness (QED) is 0.275. The first kappa shape index (κ1) is 26.4. The van der Waals surface area contributed by atoms with E-state index in [0.29, 0.717) is 34.2 Å². The van der Waals surface area contributed by atoms with Gasteiger partial charge in [0.05, 0.1) is 34.7 Å². The average Bonchev–Trinajstić information content (AvgIpc) is 3.55. The van der Waals surface area contributed by atoms with Gasteiger partial charge in [0.2, 0.25) is 0 Å². The van der Waals surface area contributed by atoms with Gasteiger partial charge in [-0.1, -0.05) is 38.1 Å². The summed E-state index contributed by atoms with van der Waals surface area (Å²) in [7, 11) is 3.43. The van der Waals surface area contributed by atoms with Gasteiger partial charge in [0, 0.05) is 42.4 Å². The zero-order valence-electron chi connectivity index (χ0n) is 22.9. The molecule has 0 radical (unpaired) electrons. The highest BCUT2D eigenvalue weighted by Crippen LogP contribution is 2.33. The van der Waals surface area contributed by atoms with Crippen LogP contribution in [0.4, 0.5) is 22.0 Å². The van der Waals surface area contributed by atoms with E-state index in [9.17, 15) is 9.59 Å². The van der Waals surface area contributed by atoms with E-state index in [0.717, 1.165) is 22.2 Å². The molecule has 4 N–H and O–H groups in total. The summed E-state index contributed by atoms with van der Waals surface area (Å²) in [4.78, 5) is 30.6. The lowest BCUT2D eigenvalue weighted by Crippen LogP contribution is -2.21. The van der Waals surface area contributed by atoms with Crippen LogP contribution in [0.1, 0.15) is 36.9 Å². The first-order chi connectivity index (χ1) is 19.0. The number of carbonyl (C=O) groups is 2. The number of nitrogens with one attached hydrogen (secondary N) is 2. The van der Waals surface area contributed by atoms with Gasteiger partial charge in [-0.3, -0.25) is 15.1 Å². The molecule has 5 aromatic rings. The minimum Gasteiger partial charge on any atom is -0.397 e. The van der Waals surface area contributed by atoms with E-state index in [1.165, 1.54) is 4.90 Å². The highest BCUT2D eigenvalue weighted by atomic mass is 16.5. The van der Waals surface area contributed by atoms with Crippen molar-refractivity contribution in [3.8, 4) is 16.9 Å². The Balaban J connectivity index is 1.39. The lowest BCUT2D eigenvalue weighted by Gasteiger charge is -2.12. The SMILES string of the molecule is CN(C)C(=O)c1ccc(-c2nn(-c3ccc(NC(=O)Nc4cc(C(C)(C)C)on4)cc3)c3cncc(N)c23)cc1. The Morgan fingerprint density at radius 3 is 2.30 bits per heavy atom. The van der Waals surface area contributed by atoms with Crippen molar-refractivity contribution in [3.05, 3.63) is 78.3 Å². The Labute approximate surface area is 231 Å². The van der Waals surface area contributed by atoms with Gasteiger partial charge in [-0.05, 0) is 36.4 Å². The summed E-state index contributed by atoms with van der Waals surface area (Å²) < 4.78 is 7.07. The fourth-order valence-electron chi connectivity index (χ4n) is 4.17. The molecule has 11 nitrogen and oxygen atoms in total. The molecule has 40 heavy (non-hydrogen) atoms. The third-order valence-corrected chi connectivity index (χ3v) is 6.29. The smallest absolute Gasteiger partial charge is 0.324 e. The molecule has 0 fully saturated rings. The zero-order chi connectivity index (χ0) is 28.6. The second kappa shape index (κ2) is 10.2. The van der Waals surface area contributed by atoms with Crippen molar-refractivity contribution >= 4 is 40.0 Å². The van der Waals surface area contributed by atoms with E-state index < -0.39 is 6.03 Å². The lowest BCUT2D eigenvalue weighted by atomic mass is 9.93. The average molecular weight is 539 g/mol. The summed E-state index contributed by atoms with van der Waals surface area (Å²) in [6.07, 6.45) is 3.29. The molecule has 0 saturated carbocycles. The minimum absolute atomic E-state index is 0.0799. The predicted octanol–water partition coefficient (Wildman–Crippen LogP) is 5.30. The highest BCUT2D eigenvalue weighted by molar-refractivity contribution is 6.02. The van der Waals surface area contributed by atoms with Crippen LogP contribution >= 0.6 is 0 Å². The molecule has 0 aliphatic carbocycles. The Morgan fingerprint density at radius 1 is 0.975 bits per heavy atom. The number of fused-ring (bicyclic) bond motifs is 1. The van der Waals surface area contributed by atoms with Gasteiger partial charge in [0.25, 0.3) is 5.91 Å². The summed E-state index contributed by atoms with van der Waals surface area (Å²) in [5.74, 6) is 0.925. The number of aromatic nitrogens is 4. The number of nitrogens with zero attached hydrogens (tertiary/aromatic N) is 5. The molecule has 0 saturated heterocycles. The predicted molar refractivity (Wildman–Crippen MR) is 155 cm³/mol. The maximum absolute atomic E-state index is 12.5. The van der Waals surface area contributed by atoms with Gasteiger partial charge >= 0.3 is 6.03 Å². The summed E-state index contributed by atoms with van der Waals surface area (Å²) in [6, 6.07) is 15.7. The van der Waals surface area contributed by atoms with Gasteiger partial charge in [-0.2, -0.15) is 5.10 Å². The molecule has 11 heteroatoms. The second-order valence-corrected chi connectivity index (χ2v) is 10.6. The Bertz CT molecular complexity index is 1690. The Morgan fingerprint density at radius 2 is 1.68 bits per heavy atom. The van der Waals surface area contributed by atoms with Gasteiger partial charge in [0.1, 0.15) is 11.5 Å². The van der Waals surface area contributed by atoms with Crippen LogP contribution < -0.4 is 16.4 Å². The third-order valence-electron chi connectivity index (χ3n) is 6.29. The molecule has 5 rings (SSSR count). The van der Waals surface area contributed by atoms with E-state index in [4.69, 9.17) is 15.4 Å². The number of pyridine rings is 1. The number of urea groups is 1. The molecule has 0 bridgehead atoms. The van der Waals surface area contributed by atoms with Crippen molar-refractivity contribution in [2.45, 2.75) is 26.2 Å². The van der Waals surface area contributed by atoms with E-state index >= 15 is 0 Å². The fraction of sp³-hybridized carbons (Fsp3) is 0.207. The topological polar surface area (TPSA) is 144 Å². The number of amides is 3. The first-order valence-electron chi connectivity index (χ1n) is 12.6. The monoisotopic (exact) mass is 538 g/mol. The van der Waals surface area contributed by atoms with E-state index in [1.807, 2.05) is 45.0 Å². The molecule has 3 heterocycles. The number of nitrogens with two attached hydrogens (primary N) is 1. The molecule has 0 spiro atoms. The summed E-state index contributed by atoms with van der Waals surface area (Å²) in [6.45, 7) is 6.00. The normalized spacial score (nSPS) is 11.4. The van der Waals surface area contributed by atoms with Crippen molar-refractivity contribution in [3.63, 3.8) is 0 Å². The molecule has 0 unspecified atom stereocenters. The third kappa shape index (κ3) is 5.21. The van der Waals surface area contributed by atoms with Gasteiger partial charge in [-0.25, -0.2) is 9.48 Å². The van der Waals surface area contributed by atoms with Crippen LogP contribution in [-0.4, -0.2) is 50.9 Å². The maximum atomic E-state index is 12.5. The van der Waals surface area contributed by atoms with Crippen molar-refractivity contribution in [2.75, 3.05) is 30.5 Å². The number of hydrogen-bond acceptors (Lipinski definition) is 7. The second-order valence-electron chi connectivity index (χ2n) is 10.6. The van der Waals surface area contributed by atoms with Crippen LogP contribution in [-0.2, 0) is 5.41 Å². The zero-order valence-corrected chi connectivity index (χ0v) is 22.9. The van der Waals surface area contributed by atoms with E-state index in [2.05, 4.69) is 20.8 Å². The molecule has 0 aliphatic heterocycles. The maximum Gasteiger partial charge on any atom is 0.324 e. The van der Waals surface area contributed by atoms with Gasteiger partial charge in [0.15, 0.2) is 5.82 Å². The molecular formula is C29H30N8O3. The van der Waals surface area contributed by atoms with Crippen molar-refractivity contribution in [1.82, 2.24) is 24.8 Å². The summed E-state index contributed by atoms with van der Waals surface area (Å²) >= 11 is 0. The van der Waals surface area contributed by atoms with Crippen LogP contribution in [0.2, 0.25) is 0 Å². The molecule has 3 aromatic heterocycles. The van der Waals surface area contributed by atoms with Crippen molar-refractivity contribution in [2.24, 2.45) is 0 Å². The number of carbonyl (C=O) groups excluding carboxylic acids is 2. The van der Waals surface area contributed by atoms with Crippen LogP contribution in [0.15, 0.2) is 71.5 Å². The number of anilines is 3. The molecule has 2 aromatic carbocycles. The lowest BCUT2D eigenvalue weighted by molar-refractivity contribution is 0.0827. The van der Waals surface area contributed by atoms with Gasteiger partial charge < -0.3 is 20.5 Å². The molecule has 204 valence electrons. The Hall–Kier alpha value is -5.19. The van der Waals surface area contributed by atoms with E-state index in [1.54, 1.807) is 61.5 Å². The van der Waals surface area contributed by atoms with Crippen LogP contribution in [0.25, 0.3) is 27.8 Å². The van der Waals surface area contributed by atoms with Crippen LogP contribution in [0, 0.1) is 0 Å². The van der Waals surface area contributed by atoms with Crippen molar-refractivity contribution < 1.29 is 14.1 Å². The molecular weight excluding hydrogens is 508 g/mol. The highest BCUT2D eigenvalue weighted by Gasteiger charge is 2.21. The number of benzene rings is 2. The van der Waals surface area contributed by atoms with Crippen LogP contribution in [0.3, 0.4) is 0 Å². The van der Waals surface area contributed by atoms with Crippen LogP contribution in [0.5, 0.6) is 0 Å². The minimum atomic E-state index is -0.443. The largest absolute Gasteiger partial charge is 0.397 e. The number of nitrogen functional groups attached to an aromatic ring is 1. The number of rotatable bonds is 5. The van der Waals surface area contributed by atoms with E-state index in [-0.39, 0.29) is 11.3 Å².